The summed E-state index contributed by atoms with van der Waals surface area (Å²) in [6, 6.07) is 10.2. The van der Waals surface area contributed by atoms with Crippen LogP contribution in [0.25, 0.3) is 0 Å². The van der Waals surface area contributed by atoms with Crippen LogP contribution in [0, 0.1) is 10.1 Å². The minimum atomic E-state index is -0.499. The molecule has 1 atom stereocenters. The molecule has 1 aromatic carbocycles. The third-order valence-corrected chi connectivity index (χ3v) is 2.74. The molecule has 6 nitrogen and oxygen atoms in total. The van der Waals surface area contributed by atoms with Gasteiger partial charge in [0.05, 0.1) is 16.7 Å². The zero-order valence-electron chi connectivity index (χ0n) is 10.4. The molecule has 0 aliphatic carbocycles. The lowest BCUT2D eigenvalue weighted by molar-refractivity contribution is -0.383. The van der Waals surface area contributed by atoms with Crippen molar-refractivity contribution in [1.82, 2.24) is 4.98 Å². The third kappa shape index (κ3) is 2.98. The number of nitrogens with one attached hydrogen (secondary N) is 1. The smallest absolute Gasteiger partial charge is 0.292 e. The van der Waals surface area contributed by atoms with Gasteiger partial charge >= 0.3 is 0 Å². The van der Waals surface area contributed by atoms with Crippen LogP contribution < -0.4 is 11.1 Å². The van der Waals surface area contributed by atoms with Crippen LogP contribution in [-0.2, 0) is 0 Å². The number of aromatic nitrogens is 1. The van der Waals surface area contributed by atoms with Gasteiger partial charge in [-0.1, -0.05) is 6.07 Å². The van der Waals surface area contributed by atoms with E-state index in [9.17, 15) is 10.1 Å². The Morgan fingerprint density at radius 3 is 2.74 bits per heavy atom. The highest BCUT2D eigenvalue weighted by Gasteiger charge is 2.12. The molecule has 2 rings (SSSR count). The Labute approximate surface area is 110 Å². The summed E-state index contributed by atoms with van der Waals surface area (Å²) in [6.45, 7) is 1.96. The molecule has 0 aliphatic rings. The topological polar surface area (TPSA) is 94.1 Å². The molecule has 6 heteroatoms. The lowest BCUT2D eigenvalue weighted by Crippen LogP contribution is -2.08. The Balaban J connectivity index is 2.16. The second-order valence-electron chi connectivity index (χ2n) is 4.15. The molecule has 0 amide bonds. The van der Waals surface area contributed by atoms with Crippen LogP contribution in [0.2, 0.25) is 0 Å². The van der Waals surface area contributed by atoms with Crippen LogP contribution in [0.3, 0.4) is 0 Å². The Hall–Kier alpha value is -2.63. The number of benzene rings is 1. The summed E-state index contributed by atoms with van der Waals surface area (Å²) < 4.78 is 0. The zero-order valence-corrected chi connectivity index (χ0v) is 10.4. The van der Waals surface area contributed by atoms with Gasteiger partial charge in [-0.3, -0.25) is 15.1 Å². The second-order valence-corrected chi connectivity index (χ2v) is 4.15. The fourth-order valence-electron chi connectivity index (χ4n) is 1.77. The molecule has 0 radical (unpaired) electrons. The maximum atomic E-state index is 10.7. The van der Waals surface area contributed by atoms with Gasteiger partial charge in [0.25, 0.3) is 5.69 Å². The first-order chi connectivity index (χ1) is 9.08. The molecule has 0 saturated carbocycles. The number of nitrogen functional groups attached to an aromatic ring is 1. The molecule has 1 heterocycles. The molecular weight excluding hydrogens is 244 g/mol. The maximum absolute atomic E-state index is 10.7. The van der Waals surface area contributed by atoms with Crippen LogP contribution >= 0.6 is 0 Å². The predicted octanol–water partition coefficient (Wildman–Crippen LogP) is 2.75. The molecule has 98 valence electrons. The molecule has 1 unspecified atom stereocenters. The molecule has 0 fully saturated rings. The molecule has 1 aromatic heterocycles. The molecule has 0 aliphatic heterocycles. The van der Waals surface area contributed by atoms with E-state index in [1.807, 2.05) is 25.1 Å². The second kappa shape index (κ2) is 5.34. The van der Waals surface area contributed by atoms with E-state index in [1.165, 1.54) is 6.07 Å². The first-order valence-corrected chi connectivity index (χ1v) is 5.79. The number of pyridine rings is 1. The van der Waals surface area contributed by atoms with E-state index < -0.39 is 4.92 Å². The van der Waals surface area contributed by atoms with E-state index in [0.717, 1.165) is 11.4 Å². The summed E-state index contributed by atoms with van der Waals surface area (Å²) in [5.74, 6) is 0. The van der Waals surface area contributed by atoms with Crippen molar-refractivity contribution in [3.8, 4) is 0 Å². The van der Waals surface area contributed by atoms with Gasteiger partial charge in [0.15, 0.2) is 0 Å². The normalized spacial score (nSPS) is 11.8. The van der Waals surface area contributed by atoms with E-state index in [2.05, 4.69) is 10.3 Å². The minimum absolute atomic E-state index is 0.0120. The molecular formula is C13H14N4O2. The quantitative estimate of drug-likeness (QED) is 0.499. The van der Waals surface area contributed by atoms with Gasteiger partial charge < -0.3 is 11.1 Å². The van der Waals surface area contributed by atoms with Gasteiger partial charge in [0.1, 0.15) is 5.69 Å². The number of anilines is 2. The van der Waals surface area contributed by atoms with Gasteiger partial charge in [-0.15, -0.1) is 0 Å². The predicted molar refractivity (Wildman–Crippen MR) is 73.8 cm³/mol. The number of nitro groups is 1. The SMILES string of the molecule is CC(Nc1ccc([N+](=O)[O-])c(N)c1)c1ccccn1. The van der Waals surface area contributed by atoms with Crippen molar-refractivity contribution in [2.75, 3.05) is 11.1 Å². The molecule has 19 heavy (non-hydrogen) atoms. The Morgan fingerprint density at radius 2 is 2.16 bits per heavy atom. The van der Waals surface area contributed by atoms with Crippen LogP contribution in [0.4, 0.5) is 17.1 Å². The zero-order chi connectivity index (χ0) is 13.8. The molecule has 2 aromatic rings. The standard InChI is InChI=1S/C13H14N4O2/c1-9(12-4-2-3-7-15-12)16-10-5-6-13(17(18)19)11(14)8-10/h2-9,16H,14H2,1H3. The number of rotatable bonds is 4. The summed E-state index contributed by atoms with van der Waals surface area (Å²) in [5, 5.41) is 13.9. The lowest BCUT2D eigenvalue weighted by Gasteiger charge is -2.14. The van der Waals surface area contributed by atoms with E-state index in [0.29, 0.717) is 0 Å². The highest BCUT2D eigenvalue weighted by atomic mass is 16.6. The fraction of sp³-hybridized carbons (Fsp3) is 0.154. The lowest BCUT2D eigenvalue weighted by atomic mass is 10.2. The first-order valence-electron chi connectivity index (χ1n) is 5.79. The number of hydrogen-bond acceptors (Lipinski definition) is 5. The number of nitrogens with two attached hydrogens (primary N) is 1. The van der Waals surface area contributed by atoms with Gasteiger partial charge in [-0.05, 0) is 31.2 Å². The maximum Gasteiger partial charge on any atom is 0.292 e. The fourth-order valence-corrected chi connectivity index (χ4v) is 1.77. The van der Waals surface area contributed by atoms with Crippen LogP contribution in [0.5, 0.6) is 0 Å². The van der Waals surface area contributed by atoms with Crippen molar-refractivity contribution < 1.29 is 4.92 Å². The van der Waals surface area contributed by atoms with E-state index in [-0.39, 0.29) is 17.4 Å². The van der Waals surface area contributed by atoms with Crippen molar-refractivity contribution in [3.05, 3.63) is 58.4 Å². The average Bonchev–Trinajstić information content (AvgIpc) is 2.39. The molecule has 0 spiro atoms. The van der Waals surface area contributed by atoms with Crippen molar-refractivity contribution >= 4 is 17.1 Å². The van der Waals surface area contributed by atoms with Gasteiger partial charge in [0, 0.05) is 18.0 Å². The Kier molecular flexibility index (Phi) is 3.61. The number of hydrogen-bond donors (Lipinski definition) is 2. The van der Waals surface area contributed by atoms with Gasteiger partial charge in [-0.2, -0.15) is 0 Å². The Bertz CT molecular complexity index is 586. The summed E-state index contributed by atoms with van der Waals surface area (Å²) in [6.07, 6.45) is 1.72. The van der Waals surface area contributed by atoms with Crippen molar-refractivity contribution in [1.29, 1.82) is 0 Å². The minimum Gasteiger partial charge on any atom is -0.393 e. The molecule has 0 saturated heterocycles. The Morgan fingerprint density at radius 1 is 1.37 bits per heavy atom. The summed E-state index contributed by atoms with van der Waals surface area (Å²) in [5.41, 5.74) is 7.31. The van der Waals surface area contributed by atoms with E-state index in [4.69, 9.17) is 5.73 Å². The largest absolute Gasteiger partial charge is 0.393 e. The van der Waals surface area contributed by atoms with Crippen LogP contribution in [0.1, 0.15) is 18.7 Å². The molecule has 0 bridgehead atoms. The summed E-state index contributed by atoms with van der Waals surface area (Å²) in [4.78, 5) is 14.4. The van der Waals surface area contributed by atoms with Crippen molar-refractivity contribution in [3.63, 3.8) is 0 Å². The van der Waals surface area contributed by atoms with Gasteiger partial charge in [-0.25, -0.2) is 0 Å². The first kappa shape index (κ1) is 12.8. The highest BCUT2D eigenvalue weighted by molar-refractivity contribution is 5.66. The van der Waals surface area contributed by atoms with Crippen molar-refractivity contribution in [2.45, 2.75) is 13.0 Å². The highest BCUT2D eigenvalue weighted by Crippen LogP contribution is 2.26. The molecule has 3 N–H and O–H groups in total. The average molecular weight is 258 g/mol. The summed E-state index contributed by atoms with van der Waals surface area (Å²) >= 11 is 0. The van der Waals surface area contributed by atoms with Crippen LogP contribution in [0.15, 0.2) is 42.6 Å². The third-order valence-electron chi connectivity index (χ3n) is 2.74. The number of nitrogens with zero attached hydrogens (tertiary/aromatic N) is 2. The monoisotopic (exact) mass is 258 g/mol. The van der Waals surface area contributed by atoms with Crippen molar-refractivity contribution in [2.24, 2.45) is 0 Å². The summed E-state index contributed by atoms with van der Waals surface area (Å²) in [7, 11) is 0. The van der Waals surface area contributed by atoms with E-state index in [1.54, 1.807) is 18.3 Å². The number of nitro benzene ring substituents is 1. The van der Waals surface area contributed by atoms with Crippen LogP contribution in [-0.4, -0.2) is 9.91 Å². The van der Waals surface area contributed by atoms with Gasteiger partial charge in [0.2, 0.25) is 0 Å². The van der Waals surface area contributed by atoms with E-state index >= 15 is 0 Å².